The minimum atomic E-state index is -0.437. The summed E-state index contributed by atoms with van der Waals surface area (Å²) in [6.07, 6.45) is 1.21. The van der Waals surface area contributed by atoms with Crippen molar-refractivity contribution in [1.82, 2.24) is 9.72 Å². The standard InChI is InChI=1S/C20H16FN3O3/c1-11-18(12(2)27-23-11)20-15(10-22-26)19-16(21)4-3-5-17(19)24(20)13-6-8-14(25)9-7-13/h3-10,25-26H,1-2H3. The molecule has 0 aliphatic rings. The van der Waals surface area contributed by atoms with Gasteiger partial charge in [0, 0.05) is 16.6 Å². The molecule has 2 aromatic carbocycles. The van der Waals surface area contributed by atoms with Crippen molar-refractivity contribution < 1.29 is 19.2 Å². The Morgan fingerprint density at radius 2 is 1.89 bits per heavy atom. The number of phenols is 1. The molecule has 136 valence electrons. The predicted molar refractivity (Wildman–Crippen MR) is 99.2 cm³/mol. The van der Waals surface area contributed by atoms with E-state index < -0.39 is 5.82 Å². The predicted octanol–water partition coefficient (Wildman–Crippen LogP) is 4.56. The third kappa shape index (κ3) is 2.55. The van der Waals surface area contributed by atoms with Gasteiger partial charge < -0.3 is 19.4 Å². The van der Waals surface area contributed by atoms with Crippen LogP contribution >= 0.6 is 0 Å². The molecule has 0 bridgehead atoms. The number of hydrogen-bond acceptors (Lipinski definition) is 5. The summed E-state index contributed by atoms with van der Waals surface area (Å²) in [7, 11) is 0. The second kappa shape index (κ2) is 6.28. The summed E-state index contributed by atoms with van der Waals surface area (Å²) in [5.41, 5.74) is 3.61. The Hall–Kier alpha value is -3.61. The molecule has 0 amide bonds. The summed E-state index contributed by atoms with van der Waals surface area (Å²) in [6, 6.07) is 11.3. The van der Waals surface area contributed by atoms with E-state index in [1.54, 1.807) is 50.2 Å². The number of fused-ring (bicyclic) bond motifs is 1. The van der Waals surface area contributed by atoms with E-state index in [9.17, 15) is 14.7 Å². The SMILES string of the molecule is Cc1noc(C)c1-c1c(C=NO)c2c(F)cccc2n1-c1ccc(O)cc1. The molecule has 27 heavy (non-hydrogen) atoms. The first kappa shape index (κ1) is 16.8. The van der Waals surface area contributed by atoms with Crippen LogP contribution in [-0.4, -0.2) is 26.3 Å². The molecule has 0 aliphatic heterocycles. The van der Waals surface area contributed by atoms with Gasteiger partial charge in [0.2, 0.25) is 0 Å². The average molecular weight is 365 g/mol. The largest absolute Gasteiger partial charge is 0.508 e. The summed E-state index contributed by atoms with van der Waals surface area (Å²) in [5, 5.41) is 26.3. The number of aromatic hydroxyl groups is 1. The van der Waals surface area contributed by atoms with Crippen LogP contribution in [0.3, 0.4) is 0 Å². The lowest BCUT2D eigenvalue weighted by molar-refractivity contribution is 0.322. The Balaban J connectivity index is 2.23. The van der Waals surface area contributed by atoms with Gasteiger partial charge in [-0.1, -0.05) is 16.4 Å². The van der Waals surface area contributed by atoms with Gasteiger partial charge in [-0.3, -0.25) is 0 Å². The van der Waals surface area contributed by atoms with Gasteiger partial charge in [0.25, 0.3) is 0 Å². The van der Waals surface area contributed by atoms with Crippen LogP contribution in [0, 0.1) is 19.7 Å². The Kier molecular flexibility index (Phi) is 3.92. The number of aromatic nitrogens is 2. The average Bonchev–Trinajstić information content (AvgIpc) is 3.14. The Morgan fingerprint density at radius 3 is 2.52 bits per heavy atom. The van der Waals surface area contributed by atoms with Gasteiger partial charge in [0.15, 0.2) is 0 Å². The number of halogens is 1. The Labute approximate surface area is 153 Å². The highest BCUT2D eigenvalue weighted by molar-refractivity contribution is 6.08. The second-order valence-electron chi connectivity index (χ2n) is 6.19. The molecule has 4 rings (SSSR count). The van der Waals surface area contributed by atoms with Crippen LogP contribution in [0.4, 0.5) is 4.39 Å². The number of rotatable bonds is 3. The van der Waals surface area contributed by atoms with Crippen LogP contribution in [0.25, 0.3) is 27.8 Å². The maximum atomic E-state index is 14.8. The van der Waals surface area contributed by atoms with Crippen LogP contribution in [0.2, 0.25) is 0 Å². The summed E-state index contributed by atoms with van der Waals surface area (Å²) in [6.45, 7) is 3.56. The molecular formula is C20H16FN3O3. The first-order valence-electron chi connectivity index (χ1n) is 8.26. The minimum absolute atomic E-state index is 0.123. The highest BCUT2D eigenvalue weighted by Crippen LogP contribution is 2.39. The molecular weight excluding hydrogens is 349 g/mol. The molecule has 0 saturated carbocycles. The van der Waals surface area contributed by atoms with Gasteiger partial charge >= 0.3 is 0 Å². The number of hydrogen-bond donors (Lipinski definition) is 2. The number of oxime groups is 1. The molecule has 4 aromatic rings. The molecule has 0 radical (unpaired) electrons. The van der Waals surface area contributed by atoms with Crippen LogP contribution < -0.4 is 0 Å². The second-order valence-corrected chi connectivity index (χ2v) is 6.19. The Bertz CT molecular complexity index is 1150. The van der Waals surface area contributed by atoms with Gasteiger partial charge in [-0.05, 0) is 50.2 Å². The van der Waals surface area contributed by atoms with Crippen LogP contribution in [0.5, 0.6) is 5.75 Å². The minimum Gasteiger partial charge on any atom is -0.508 e. The fourth-order valence-corrected chi connectivity index (χ4v) is 3.45. The summed E-state index contributed by atoms with van der Waals surface area (Å²) >= 11 is 0. The molecule has 2 heterocycles. The summed E-state index contributed by atoms with van der Waals surface area (Å²) < 4.78 is 21.9. The normalized spacial score (nSPS) is 11.7. The van der Waals surface area contributed by atoms with Crippen molar-refractivity contribution in [1.29, 1.82) is 0 Å². The van der Waals surface area contributed by atoms with E-state index in [1.165, 1.54) is 12.3 Å². The van der Waals surface area contributed by atoms with E-state index in [0.29, 0.717) is 44.9 Å². The van der Waals surface area contributed by atoms with Gasteiger partial charge in [0.05, 0.1) is 28.7 Å². The number of aryl methyl sites for hydroxylation is 2. The van der Waals surface area contributed by atoms with E-state index in [1.807, 2.05) is 4.57 Å². The topological polar surface area (TPSA) is 83.8 Å². The van der Waals surface area contributed by atoms with Crippen molar-refractivity contribution in [3.8, 4) is 22.7 Å². The van der Waals surface area contributed by atoms with E-state index in [-0.39, 0.29) is 5.75 Å². The number of benzene rings is 2. The third-order valence-corrected chi connectivity index (χ3v) is 4.55. The molecule has 0 aliphatic carbocycles. The van der Waals surface area contributed by atoms with Crippen molar-refractivity contribution in [2.75, 3.05) is 0 Å². The third-order valence-electron chi connectivity index (χ3n) is 4.55. The van der Waals surface area contributed by atoms with E-state index in [2.05, 4.69) is 10.3 Å². The van der Waals surface area contributed by atoms with Crippen LogP contribution in [-0.2, 0) is 0 Å². The van der Waals surface area contributed by atoms with E-state index in [4.69, 9.17) is 4.52 Å². The van der Waals surface area contributed by atoms with Crippen molar-refractivity contribution in [2.45, 2.75) is 13.8 Å². The van der Waals surface area contributed by atoms with E-state index in [0.717, 1.165) is 0 Å². The van der Waals surface area contributed by atoms with Gasteiger partial charge in [-0.25, -0.2) is 4.39 Å². The van der Waals surface area contributed by atoms with Crippen molar-refractivity contribution in [3.05, 3.63) is 65.3 Å². The lowest BCUT2D eigenvalue weighted by atomic mass is 10.0. The smallest absolute Gasteiger partial charge is 0.143 e. The lowest BCUT2D eigenvalue weighted by Crippen LogP contribution is -1.99. The highest BCUT2D eigenvalue weighted by atomic mass is 19.1. The monoisotopic (exact) mass is 365 g/mol. The molecule has 2 N–H and O–H groups in total. The molecule has 6 nitrogen and oxygen atoms in total. The lowest BCUT2D eigenvalue weighted by Gasteiger charge is -2.12. The quantitative estimate of drug-likeness (QED) is 0.317. The summed E-state index contributed by atoms with van der Waals surface area (Å²) in [4.78, 5) is 0. The number of phenolic OH excluding ortho intramolecular Hbond substituents is 1. The van der Waals surface area contributed by atoms with Crippen LogP contribution in [0.15, 0.2) is 52.1 Å². The van der Waals surface area contributed by atoms with Gasteiger partial charge in [-0.2, -0.15) is 0 Å². The molecule has 0 fully saturated rings. The maximum absolute atomic E-state index is 14.8. The molecule has 0 atom stereocenters. The maximum Gasteiger partial charge on any atom is 0.143 e. The molecule has 0 spiro atoms. The number of nitrogens with zero attached hydrogens (tertiary/aromatic N) is 3. The summed E-state index contributed by atoms with van der Waals surface area (Å²) in [5.74, 6) is 0.244. The van der Waals surface area contributed by atoms with Gasteiger partial charge in [0.1, 0.15) is 17.3 Å². The zero-order valence-electron chi connectivity index (χ0n) is 14.6. The first-order chi connectivity index (χ1) is 13.0. The highest BCUT2D eigenvalue weighted by Gasteiger charge is 2.25. The van der Waals surface area contributed by atoms with E-state index >= 15 is 0 Å². The Morgan fingerprint density at radius 1 is 1.15 bits per heavy atom. The fourth-order valence-electron chi connectivity index (χ4n) is 3.45. The zero-order chi connectivity index (χ0) is 19.1. The fraction of sp³-hybridized carbons (Fsp3) is 0.100. The van der Waals surface area contributed by atoms with Crippen molar-refractivity contribution >= 4 is 17.1 Å². The first-order valence-corrected chi connectivity index (χ1v) is 8.26. The van der Waals surface area contributed by atoms with Crippen molar-refractivity contribution in [3.63, 3.8) is 0 Å². The van der Waals surface area contributed by atoms with Crippen LogP contribution in [0.1, 0.15) is 17.0 Å². The van der Waals surface area contributed by atoms with Crippen molar-refractivity contribution in [2.24, 2.45) is 5.16 Å². The molecule has 0 unspecified atom stereocenters. The zero-order valence-corrected chi connectivity index (χ0v) is 14.6. The molecule has 7 heteroatoms. The molecule has 0 saturated heterocycles. The van der Waals surface area contributed by atoms with Gasteiger partial charge in [-0.15, -0.1) is 0 Å². The molecule has 2 aromatic heterocycles.